The lowest BCUT2D eigenvalue weighted by atomic mass is 10.1. The lowest BCUT2D eigenvalue weighted by molar-refractivity contribution is 0.612. The Morgan fingerprint density at radius 1 is 1.44 bits per heavy atom. The fraction of sp³-hybridized carbons (Fsp3) is 0.769. The quantitative estimate of drug-likeness (QED) is 0.869. The standard InChI is InChI=1S/C13H20N2S/c1-14-9-13(6-7-13)12-15-11(8-16-12)10-4-2-3-5-10/h8,10,14H,2-7,9H2,1H3. The molecular weight excluding hydrogens is 216 g/mol. The van der Waals surface area contributed by atoms with Crippen LogP contribution in [0.4, 0.5) is 0 Å². The molecule has 2 aliphatic rings. The first kappa shape index (κ1) is 10.7. The lowest BCUT2D eigenvalue weighted by Gasteiger charge is -2.10. The Bertz CT molecular complexity index is 362. The zero-order valence-corrected chi connectivity index (χ0v) is 10.8. The molecule has 0 radical (unpaired) electrons. The molecule has 2 nitrogen and oxygen atoms in total. The highest BCUT2D eigenvalue weighted by atomic mass is 32.1. The molecule has 3 rings (SSSR count). The molecule has 0 amide bonds. The molecular formula is C13H20N2S. The highest BCUT2D eigenvalue weighted by Crippen LogP contribution is 2.49. The van der Waals surface area contributed by atoms with Crippen molar-refractivity contribution in [3.05, 3.63) is 16.1 Å². The average Bonchev–Trinajstić information content (AvgIpc) is 2.76. The van der Waals surface area contributed by atoms with E-state index in [0.29, 0.717) is 5.41 Å². The smallest absolute Gasteiger partial charge is 0.100 e. The van der Waals surface area contributed by atoms with Crippen LogP contribution in [0.25, 0.3) is 0 Å². The van der Waals surface area contributed by atoms with Crippen LogP contribution in [-0.2, 0) is 5.41 Å². The van der Waals surface area contributed by atoms with Crippen LogP contribution in [0.2, 0.25) is 0 Å². The Morgan fingerprint density at radius 2 is 2.19 bits per heavy atom. The third kappa shape index (κ3) is 1.80. The van der Waals surface area contributed by atoms with Gasteiger partial charge in [0.25, 0.3) is 0 Å². The first-order chi connectivity index (χ1) is 7.84. The molecule has 1 aromatic rings. The van der Waals surface area contributed by atoms with E-state index in [1.165, 1.54) is 49.2 Å². The van der Waals surface area contributed by atoms with E-state index in [9.17, 15) is 0 Å². The first-order valence-corrected chi connectivity index (χ1v) is 7.32. The van der Waals surface area contributed by atoms with Gasteiger partial charge < -0.3 is 5.32 Å². The van der Waals surface area contributed by atoms with Crippen LogP contribution in [0.15, 0.2) is 5.38 Å². The van der Waals surface area contributed by atoms with Gasteiger partial charge in [0, 0.05) is 23.3 Å². The second kappa shape index (κ2) is 4.11. The van der Waals surface area contributed by atoms with E-state index < -0.39 is 0 Å². The maximum atomic E-state index is 4.92. The Kier molecular flexibility index (Phi) is 2.76. The van der Waals surface area contributed by atoms with E-state index in [4.69, 9.17) is 4.98 Å². The van der Waals surface area contributed by atoms with Gasteiger partial charge in [-0.15, -0.1) is 11.3 Å². The molecule has 88 valence electrons. The Morgan fingerprint density at radius 3 is 2.81 bits per heavy atom. The van der Waals surface area contributed by atoms with Gasteiger partial charge in [-0.3, -0.25) is 0 Å². The second-order valence-electron chi connectivity index (χ2n) is 5.37. The number of hydrogen-bond acceptors (Lipinski definition) is 3. The van der Waals surface area contributed by atoms with Crippen molar-refractivity contribution in [1.82, 2.24) is 10.3 Å². The van der Waals surface area contributed by atoms with Crippen LogP contribution < -0.4 is 5.32 Å². The number of thiazole rings is 1. The summed E-state index contributed by atoms with van der Waals surface area (Å²) in [6, 6.07) is 0. The van der Waals surface area contributed by atoms with E-state index in [2.05, 4.69) is 10.7 Å². The summed E-state index contributed by atoms with van der Waals surface area (Å²) in [7, 11) is 2.05. The molecule has 16 heavy (non-hydrogen) atoms. The van der Waals surface area contributed by atoms with Gasteiger partial charge in [0.15, 0.2) is 0 Å². The zero-order valence-electron chi connectivity index (χ0n) is 9.96. The normalized spacial score (nSPS) is 23.8. The largest absolute Gasteiger partial charge is 0.319 e. The fourth-order valence-electron chi connectivity index (χ4n) is 2.89. The van der Waals surface area contributed by atoms with Crippen LogP contribution in [0.1, 0.15) is 55.1 Å². The number of aromatic nitrogens is 1. The van der Waals surface area contributed by atoms with Gasteiger partial charge in [-0.1, -0.05) is 12.8 Å². The molecule has 0 atom stereocenters. The SMILES string of the molecule is CNCC1(c2nc(C3CCCC3)cs2)CC1. The second-order valence-corrected chi connectivity index (χ2v) is 6.23. The van der Waals surface area contributed by atoms with Crippen LogP contribution in [0.5, 0.6) is 0 Å². The Labute approximate surface area is 101 Å². The number of hydrogen-bond donors (Lipinski definition) is 1. The molecule has 0 bridgehead atoms. The minimum absolute atomic E-state index is 0.413. The number of nitrogens with one attached hydrogen (secondary N) is 1. The van der Waals surface area contributed by atoms with E-state index in [1.807, 2.05) is 18.4 Å². The van der Waals surface area contributed by atoms with Crippen molar-refractivity contribution >= 4 is 11.3 Å². The highest BCUT2D eigenvalue weighted by molar-refractivity contribution is 7.09. The molecule has 3 heteroatoms. The van der Waals surface area contributed by atoms with Crippen LogP contribution >= 0.6 is 11.3 Å². The number of nitrogens with zero attached hydrogens (tertiary/aromatic N) is 1. The topological polar surface area (TPSA) is 24.9 Å². The summed E-state index contributed by atoms with van der Waals surface area (Å²) < 4.78 is 0. The lowest BCUT2D eigenvalue weighted by Crippen LogP contribution is -2.23. The fourth-order valence-corrected chi connectivity index (χ4v) is 4.06. The predicted octanol–water partition coefficient (Wildman–Crippen LogP) is 3.05. The molecule has 1 aromatic heterocycles. The molecule has 0 aliphatic heterocycles. The van der Waals surface area contributed by atoms with Gasteiger partial charge in [0.05, 0.1) is 5.69 Å². The highest BCUT2D eigenvalue weighted by Gasteiger charge is 2.46. The van der Waals surface area contributed by atoms with Crippen molar-refractivity contribution in [2.75, 3.05) is 13.6 Å². The average molecular weight is 236 g/mol. The molecule has 1 heterocycles. The van der Waals surface area contributed by atoms with Crippen molar-refractivity contribution in [3.63, 3.8) is 0 Å². The molecule has 0 unspecified atom stereocenters. The summed E-state index contributed by atoms with van der Waals surface area (Å²) in [5, 5.41) is 7.03. The zero-order chi connectivity index (χ0) is 11.0. The number of rotatable bonds is 4. The van der Waals surface area contributed by atoms with Gasteiger partial charge >= 0.3 is 0 Å². The van der Waals surface area contributed by atoms with Crippen LogP contribution in [-0.4, -0.2) is 18.6 Å². The van der Waals surface area contributed by atoms with Crippen LogP contribution in [0.3, 0.4) is 0 Å². The third-order valence-electron chi connectivity index (χ3n) is 4.12. The molecule has 0 aromatic carbocycles. The van der Waals surface area contributed by atoms with Gasteiger partial charge in [0.1, 0.15) is 5.01 Å². The van der Waals surface area contributed by atoms with Crippen molar-refractivity contribution in [1.29, 1.82) is 0 Å². The molecule has 1 N–H and O–H groups in total. The summed E-state index contributed by atoms with van der Waals surface area (Å²) in [6.45, 7) is 1.10. The van der Waals surface area contributed by atoms with E-state index in [0.717, 1.165) is 12.5 Å². The first-order valence-electron chi connectivity index (χ1n) is 6.45. The van der Waals surface area contributed by atoms with Crippen molar-refractivity contribution in [2.45, 2.75) is 49.9 Å². The van der Waals surface area contributed by atoms with E-state index in [1.54, 1.807) is 0 Å². The van der Waals surface area contributed by atoms with Gasteiger partial charge in [-0.2, -0.15) is 0 Å². The molecule has 2 aliphatic carbocycles. The summed E-state index contributed by atoms with van der Waals surface area (Å²) in [4.78, 5) is 4.92. The van der Waals surface area contributed by atoms with Gasteiger partial charge in [-0.05, 0) is 32.7 Å². The van der Waals surface area contributed by atoms with Gasteiger partial charge in [0.2, 0.25) is 0 Å². The van der Waals surface area contributed by atoms with E-state index >= 15 is 0 Å². The van der Waals surface area contributed by atoms with E-state index in [-0.39, 0.29) is 0 Å². The minimum Gasteiger partial charge on any atom is -0.319 e. The summed E-state index contributed by atoms with van der Waals surface area (Å²) in [5.41, 5.74) is 1.80. The third-order valence-corrected chi connectivity index (χ3v) is 5.22. The number of likely N-dealkylation sites (N-methyl/N-ethyl adjacent to an activating group) is 1. The Hall–Kier alpha value is -0.410. The monoisotopic (exact) mass is 236 g/mol. The summed E-state index contributed by atoms with van der Waals surface area (Å²) >= 11 is 1.89. The van der Waals surface area contributed by atoms with Gasteiger partial charge in [-0.25, -0.2) is 4.98 Å². The summed E-state index contributed by atoms with van der Waals surface area (Å²) in [6.07, 6.45) is 8.18. The molecule has 0 saturated heterocycles. The molecule has 2 saturated carbocycles. The maximum absolute atomic E-state index is 4.92. The van der Waals surface area contributed by atoms with Crippen molar-refractivity contribution in [2.24, 2.45) is 0 Å². The maximum Gasteiger partial charge on any atom is 0.100 e. The molecule has 2 fully saturated rings. The molecule has 0 spiro atoms. The summed E-state index contributed by atoms with van der Waals surface area (Å²) in [5.74, 6) is 0.774. The predicted molar refractivity (Wildman–Crippen MR) is 68.2 cm³/mol. The van der Waals surface area contributed by atoms with Crippen LogP contribution in [0, 0.1) is 0 Å². The Balaban J connectivity index is 1.77. The minimum atomic E-state index is 0.413. The van der Waals surface area contributed by atoms with Crippen molar-refractivity contribution < 1.29 is 0 Å². The van der Waals surface area contributed by atoms with Crippen molar-refractivity contribution in [3.8, 4) is 0 Å².